The molecule has 0 fully saturated rings. The molecule has 0 aliphatic heterocycles. The molecule has 1 aromatic heterocycles. The highest BCUT2D eigenvalue weighted by Gasteiger charge is 2.08. The van der Waals surface area contributed by atoms with Crippen LogP contribution in [0.15, 0.2) is 53.6 Å². The van der Waals surface area contributed by atoms with Crippen LogP contribution in [0, 0.1) is 4.77 Å². The van der Waals surface area contributed by atoms with Crippen LogP contribution in [0.25, 0.3) is 11.4 Å². The Morgan fingerprint density at radius 1 is 1.12 bits per heavy atom. The quantitative estimate of drug-likeness (QED) is 0.563. The van der Waals surface area contributed by atoms with Crippen LogP contribution in [0.2, 0.25) is 0 Å². The van der Waals surface area contributed by atoms with E-state index in [9.17, 15) is 0 Å². The minimum atomic E-state index is 0.441. The summed E-state index contributed by atoms with van der Waals surface area (Å²) in [5, 5.41) is 11.6. The van der Waals surface area contributed by atoms with Crippen LogP contribution < -0.4 is 9.64 Å². The van der Waals surface area contributed by atoms with Gasteiger partial charge in [-0.15, -0.1) is 0 Å². The fourth-order valence-electron chi connectivity index (χ4n) is 2.31. The van der Waals surface area contributed by atoms with Crippen LogP contribution in [-0.4, -0.2) is 42.3 Å². The van der Waals surface area contributed by atoms with Gasteiger partial charge in [0.1, 0.15) is 5.75 Å². The third-order valence-corrected chi connectivity index (χ3v) is 3.99. The normalized spacial score (nSPS) is 11.0. The highest BCUT2D eigenvalue weighted by atomic mass is 32.1. The molecule has 0 saturated heterocycles. The molecule has 1 N–H and O–H groups in total. The molecule has 0 saturated carbocycles. The molecule has 0 radical (unpaired) electrons. The molecular formula is C18H19N5OS. The lowest BCUT2D eigenvalue weighted by atomic mass is 10.2. The van der Waals surface area contributed by atoms with Gasteiger partial charge in [0.15, 0.2) is 5.82 Å². The number of hydrogen-bond donors (Lipinski definition) is 1. The van der Waals surface area contributed by atoms with Crippen molar-refractivity contribution < 1.29 is 4.74 Å². The molecule has 0 aliphatic carbocycles. The first kappa shape index (κ1) is 16.9. The van der Waals surface area contributed by atoms with Crippen molar-refractivity contribution in [2.75, 3.05) is 26.1 Å². The molecule has 6 nitrogen and oxygen atoms in total. The van der Waals surface area contributed by atoms with Crippen LogP contribution in [-0.2, 0) is 0 Å². The summed E-state index contributed by atoms with van der Waals surface area (Å²) in [5.74, 6) is 1.47. The van der Waals surface area contributed by atoms with E-state index in [-0.39, 0.29) is 0 Å². The maximum absolute atomic E-state index is 5.30. The number of anilines is 1. The van der Waals surface area contributed by atoms with E-state index >= 15 is 0 Å². The van der Waals surface area contributed by atoms with Crippen molar-refractivity contribution in [3.8, 4) is 17.1 Å². The molecule has 2 aromatic carbocycles. The van der Waals surface area contributed by atoms with Gasteiger partial charge in [-0.2, -0.15) is 14.9 Å². The van der Waals surface area contributed by atoms with Crippen molar-refractivity contribution in [2.24, 2.45) is 5.10 Å². The fraction of sp³-hybridized carbons (Fsp3) is 0.167. The number of aromatic amines is 1. The van der Waals surface area contributed by atoms with Crippen molar-refractivity contribution in [2.45, 2.75) is 0 Å². The van der Waals surface area contributed by atoms with Crippen LogP contribution >= 0.6 is 12.2 Å². The minimum Gasteiger partial charge on any atom is -0.497 e. The van der Waals surface area contributed by atoms with Crippen LogP contribution in [0.5, 0.6) is 5.75 Å². The molecule has 0 amide bonds. The Morgan fingerprint density at radius 2 is 1.80 bits per heavy atom. The molecular weight excluding hydrogens is 334 g/mol. The third-order valence-electron chi connectivity index (χ3n) is 3.73. The second kappa shape index (κ2) is 7.31. The lowest BCUT2D eigenvalue weighted by Gasteiger charge is -2.12. The zero-order valence-corrected chi connectivity index (χ0v) is 15.1. The highest BCUT2D eigenvalue weighted by Crippen LogP contribution is 2.21. The summed E-state index contributed by atoms with van der Waals surface area (Å²) < 4.78 is 7.21. The number of aromatic nitrogens is 3. The van der Waals surface area contributed by atoms with Gasteiger partial charge in [0.05, 0.1) is 13.3 Å². The molecule has 7 heteroatoms. The lowest BCUT2D eigenvalue weighted by Crippen LogP contribution is -2.08. The molecule has 25 heavy (non-hydrogen) atoms. The summed E-state index contributed by atoms with van der Waals surface area (Å²) in [4.78, 5) is 2.04. The average molecular weight is 353 g/mol. The summed E-state index contributed by atoms with van der Waals surface area (Å²) >= 11 is 5.30. The second-order valence-corrected chi connectivity index (χ2v) is 6.01. The number of nitrogens with one attached hydrogen (secondary N) is 1. The molecule has 0 atom stereocenters. The summed E-state index contributed by atoms with van der Waals surface area (Å²) in [5.41, 5.74) is 2.99. The van der Waals surface area contributed by atoms with Gasteiger partial charge >= 0.3 is 0 Å². The first-order chi connectivity index (χ1) is 12.1. The number of ether oxygens (including phenoxy) is 1. The van der Waals surface area contributed by atoms with Crippen molar-refractivity contribution in [3.63, 3.8) is 0 Å². The molecule has 128 valence electrons. The van der Waals surface area contributed by atoms with Gasteiger partial charge < -0.3 is 9.64 Å². The number of hydrogen-bond acceptors (Lipinski definition) is 5. The van der Waals surface area contributed by atoms with Crippen molar-refractivity contribution >= 4 is 24.1 Å². The average Bonchev–Trinajstić information content (AvgIpc) is 3.01. The van der Waals surface area contributed by atoms with E-state index in [4.69, 9.17) is 17.0 Å². The van der Waals surface area contributed by atoms with Gasteiger partial charge in [-0.25, -0.2) is 5.10 Å². The van der Waals surface area contributed by atoms with E-state index in [1.54, 1.807) is 18.0 Å². The smallest absolute Gasteiger partial charge is 0.216 e. The minimum absolute atomic E-state index is 0.441. The van der Waals surface area contributed by atoms with Crippen LogP contribution in [0.3, 0.4) is 0 Å². The maximum atomic E-state index is 5.30. The van der Waals surface area contributed by atoms with Crippen molar-refractivity contribution in [3.05, 3.63) is 58.9 Å². The third kappa shape index (κ3) is 3.77. The molecule has 0 aliphatic rings. The highest BCUT2D eigenvalue weighted by molar-refractivity contribution is 7.71. The Hall–Kier alpha value is -2.93. The molecule has 0 unspecified atom stereocenters. The summed E-state index contributed by atoms with van der Waals surface area (Å²) in [6, 6.07) is 15.7. The monoisotopic (exact) mass is 353 g/mol. The fourth-order valence-corrected chi connectivity index (χ4v) is 2.49. The van der Waals surface area contributed by atoms with E-state index in [0.29, 0.717) is 10.6 Å². The van der Waals surface area contributed by atoms with E-state index in [1.165, 1.54) is 0 Å². The van der Waals surface area contributed by atoms with E-state index in [0.717, 1.165) is 22.6 Å². The van der Waals surface area contributed by atoms with Gasteiger partial charge in [0.2, 0.25) is 4.77 Å². The molecule has 3 rings (SSSR count). The molecule has 1 heterocycles. The topological polar surface area (TPSA) is 58.4 Å². The largest absolute Gasteiger partial charge is 0.497 e. The Morgan fingerprint density at radius 3 is 2.40 bits per heavy atom. The van der Waals surface area contributed by atoms with Gasteiger partial charge in [0, 0.05) is 25.3 Å². The first-order valence-electron chi connectivity index (χ1n) is 7.72. The standard InChI is InChI=1S/C18H19N5OS/c1-22(2)15-8-6-14(7-9-15)17-20-21-18(25)23(17)19-12-13-4-10-16(24-3)11-5-13/h4-12H,1-3H3,(H,21,25)/b19-12-. The first-order valence-corrected chi connectivity index (χ1v) is 8.13. The predicted octanol–water partition coefficient (Wildman–Crippen LogP) is 3.56. The Labute approximate surface area is 151 Å². The Bertz CT molecular complexity index is 923. The van der Waals surface area contributed by atoms with E-state index in [2.05, 4.69) is 15.3 Å². The number of rotatable bonds is 5. The van der Waals surface area contributed by atoms with Crippen LogP contribution in [0.4, 0.5) is 5.69 Å². The number of nitrogens with zero attached hydrogens (tertiary/aromatic N) is 4. The number of methoxy groups -OCH3 is 1. The SMILES string of the molecule is COc1ccc(/C=N\n2c(-c3ccc(N(C)C)cc3)n[nH]c2=S)cc1. The van der Waals surface area contributed by atoms with E-state index in [1.807, 2.05) is 67.5 Å². The maximum Gasteiger partial charge on any atom is 0.216 e. The predicted molar refractivity (Wildman–Crippen MR) is 103 cm³/mol. The zero-order valence-electron chi connectivity index (χ0n) is 14.3. The number of benzene rings is 2. The molecule has 3 aromatic rings. The Balaban J connectivity index is 1.90. The Kier molecular flexibility index (Phi) is 4.95. The van der Waals surface area contributed by atoms with Gasteiger partial charge in [-0.05, 0) is 66.3 Å². The summed E-state index contributed by atoms with van der Waals surface area (Å²) in [7, 11) is 5.65. The summed E-state index contributed by atoms with van der Waals surface area (Å²) in [6.45, 7) is 0. The van der Waals surface area contributed by atoms with Gasteiger partial charge in [-0.1, -0.05) is 0 Å². The van der Waals surface area contributed by atoms with Crippen molar-refractivity contribution in [1.29, 1.82) is 0 Å². The number of H-pyrrole nitrogens is 1. The molecule has 0 bridgehead atoms. The molecule has 0 spiro atoms. The zero-order chi connectivity index (χ0) is 17.8. The summed E-state index contributed by atoms with van der Waals surface area (Å²) in [6.07, 6.45) is 1.74. The lowest BCUT2D eigenvalue weighted by molar-refractivity contribution is 0.415. The second-order valence-electron chi connectivity index (χ2n) is 5.62. The van der Waals surface area contributed by atoms with E-state index < -0.39 is 0 Å². The van der Waals surface area contributed by atoms with Gasteiger partial charge in [0.25, 0.3) is 0 Å². The van der Waals surface area contributed by atoms with Gasteiger partial charge in [-0.3, -0.25) is 0 Å². The van der Waals surface area contributed by atoms with Crippen molar-refractivity contribution in [1.82, 2.24) is 14.9 Å². The van der Waals surface area contributed by atoms with Crippen LogP contribution in [0.1, 0.15) is 5.56 Å².